The monoisotopic (exact) mass is 225 g/mol. The highest BCUT2D eigenvalue weighted by molar-refractivity contribution is 6.32. The summed E-state index contributed by atoms with van der Waals surface area (Å²) in [6.07, 6.45) is 2.75. The Labute approximate surface area is 95.4 Å². The van der Waals surface area contributed by atoms with Crippen LogP contribution < -0.4 is 10.5 Å². The first-order valence-corrected chi connectivity index (χ1v) is 5.78. The summed E-state index contributed by atoms with van der Waals surface area (Å²) >= 11 is 6.32. The van der Waals surface area contributed by atoms with Crippen LogP contribution in [-0.2, 0) is 12.8 Å². The van der Waals surface area contributed by atoms with Gasteiger partial charge in [-0.05, 0) is 24.5 Å². The first-order valence-electron chi connectivity index (χ1n) is 5.41. The van der Waals surface area contributed by atoms with Gasteiger partial charge in [0.25, 0.3) is 0 Å². The molecule has 0 bridgehead atoms. The molecule has 1 aliphatic rings. The van der Waals surface area contributed by atoms with Crippen LogP contribution in [0.1, 0.15) is 24.5 Å². The molecule has 1 atom stereocenters. The molecule has 1 heterocycles. The van der Waals surface area contributed by atoms with Crippen molar-refractivity contribution >= 4 is 11.6 Å². The number of hydrogen-bond acceptors (Lipinski definition) is 2. The zero-order chi connectivity index (χ0) is 10.8. The Balaban J connectivity index is 2.26. The highest BCUT2D eigenvalue weighted by Gasteiger charge is 2.18. The van der Waals surface area contributed by atoms with Crippen molar-refractivity contribution in [1.29, 1.82) is 0 Å². The van der Waals surface area contributed by atoms with Gasteiger partial charge in [-0.1, -0.05) is 24.6 Å². The van der Waals surface area contributed by atoms with E-state index in [0.29, 0.717) is 0 Å². The lowest BCUT2D eigenvalue weighted by molar-refractivity contribution is 0.357. The number of halogens is 1. The van der Waals surface area contributed by atoms with Crippen molar-refractivity contribution in [1.82, 2.24) is 0 Å². The van der Waals surface area contributed by atoms with E-state index in [0.717, 1.165) is 47.8 Å². The molecule has 0 amide bonds. The fourth-order valence-electron chi connectivity index (χ4n) is 1.87. The summed E-state index contributed by atoms with van der Waals surface area (Å²) in [5.41, 5.74) is 8.23. The molecule has 82 valence electrons. The van der Waals surface area contributed by atoms with Crippen LogP contribution in [-0.4, -0.2) is 12.6 Å². The smallest absolute Gasteiger partial charge is 0.124 e. The molecule has 15 heavy (non-hydrogen) atoms. The molecule has 2 rings (SSSR count). The van der Waals surface area contributed by atoms with E-state index in [-0.39, 0.29) is 6.04 Å². The largest absolute Gasteiger partial charge is 0.493 e. The second-order valence-electron chi connectivity index (χ2n) is 3.99. The first kappa shape index (κ1) is 10.8. The molecule has 0 saturated heterocycles. The predicted octanol–water partition coefficient (Wildman–Crippen LogP) is 2.55. The Bertz CT molecular complexity index is 365. The van der Waals surface area contributed by atoms with Crippen LogP contribution in [0.15, 0.2) is 12.1 Å². The predicted molar refractivity (Wildman–Crippen MR) is 62.6 cm³/mol. The number of rotatable bonds is 3. The number of hydrogen-bond donors (Lipinski definition) is 1. The van der Waals surface area contributed by atoms with Gasteiger partial charge in [-0.2, -0.15) is 0 Å². The minimum atomic E-state index is 0.197. The van der Waals surface area contributed by atoms with Crippen LogP contribution in [0, 0.1) is 0 Å². The van der Waals surface area contributed by atoms with Gasteiger partial charge in [-0.3, -0.25) is 0 Å². The maximum absolute atomic E-state index is 6.32. The molecule has 0 aromatic heterocycles. The lowest BCUT2D eigenvalue weighted by atomic mass is 10.0. The number of ether oxygens (including phenoxy) is 1. The summed E-state index contributed by atoms with van der Waals surface area (Å²) in [5.74, 6) is 0.939. The van der Waals surface area contributed by atoms with Gasteiger partial charge in [0, 0.05) is 18.0 Å². The Kier molecular flexibility index (Phi) is 3.17. The van der Waals surface area contributed by atoms with Crippen molar-refractivity contribution in [2.24, 2.45) is 5.73 Å². The third-order valence-corrected chi connectivity index (χ3v) is 3.37. The summed E-state index contributed by atoms with van der Waals surface area (Å²) in [4.78, 5) is 0. The molecule has 1 aromatic rings. The molecular formula is C12H16ClNO. The average Bonchev–Trinajstić information content (AvgIpc) is 2.70. The molecule has 2 nitrogen and oxygen atoms in total. The number of nitrogens with two attached hydrogens (primary N) is 1. The van der Waals surface area contributed by atoms with Gasteiger partial charge in [-0.15, -0.1) is 0 Å². The number of benzene rings is 1. The standard InChI is InChI=1S/C12H16ClNO/c1-2-9(14)7-8-3-4-11-10(12(8)13)5-6-15-11/h3-4,9H,2,5-7,14H2,1H3. The lowest BCUT2D eigenvalue weighted by Gasteiger charge is -2.12. The lowest BCUT2D eigenvalue weighted by Crippen LogP contribution is -2.21. The Morgan fingerprint density at radius 3 is 3.07 bits per heavy atom. The van der Waals surface area contributed by atoms with Crippen LogP contribution in [0.5, 0.6) is 5.75 Å². The van der Waals surface area contributed by atoms with Crippen molar-refractivity contribution in [2.75, 3.05) is 6.61 Å². The van der Waals surface area contributed by atoms with E-state index in [9.17, 15) is 0 Å². The van der Waals surface area contributed by atoms with E-state index in [1.54, 1.807) is 0 Å². The van der Waals surface area contributed by atoms with Crippen LogP contribution >= 0.6 is 11.6 Å². The van der Waals surface area contributed by atoms with Gasteiger partial charge in [-0.25, -0.2) is 0 Å². The molecule has 1 unspecified atom stereocenters. The number of fused-ring (bicyclic) bond motifs is 1. The zero-order valence-corrected chi connectivity index (χ0v) is 9.68. The van der Waals surface area contributed by atoms with Crippen LogP contribution in [0.2, 0.25) is 5.02 Å². The summed E-state index contributed by atoms with van der Waals surface area (Å²) in [7, 11) is 0. The topological polar surface area (TPSA) is 35.2 Å². The minimum absolute atomic E-state index is 0.197. The molecule has 0 aliphatic carbocycles. The normalized spacial score (nSPS) is 15.9. The maximum atomic E-state index is 6.32. The van der Waals surface area contributed by atoms with Gasteiger partial charge in [0.05, 0.1) is 11.6 Å². The second kappa shape index (κ2) is 4.42. The molecule has 2 N–H and O–H groups in total. The van der Waals surface area contributed by atoms with E-state index in [1.807, 2.05) is 12.1 Å². The molecule has 1 aromatic carbocycles. The van der Waals surface area contributed by atoms with Crippen LogP contribution in [0.4, 0.5) is 0 Å². The Morgan fingerprint density at radius 1 is 1.53 bits per heavy atom. The summed E-state index contributed by atoms with van der Waals surface area (Å²) in [6, 6.07) is 4.23. The third kappa shape index (κ3) is 2.11. The van der Waals surface area contributed by atoms with Gasteiger partial charge in [0.2, 0.25) is 0 Å². The van der Waals surface area contributed by atoms with E-state index >= 15 is 0 Å². The van der Waals surface area contributed by atoms with Crippen molar-refractivity contribution in [3.8, 4) is 5.75 Å². The van der Waals surface area contributed by atoms with Crippen molar-refractivity contribution in [3.63, 3.8) is 0 Å². The van der Waals surface area contributed by atoms with Crippen LogP contribution in [0.3, 0.4) is 0 Å². The fourth-order valence-corrected chi connectivity index (χ4v) is 2.20. The van der Waals surface area contributed by atoms with Crippen molar-refractivity contribution in [2.45, 2.75) is 32.2 Å². The van der Waals surface area contributed by atoms with E-state index in [2.05, 4.69) is 6.92 Å². The minimum Gasteiger partial charge on any atom is -0.493 e. The maximum Gasteiger partial charge on any atom is 0.124 e. The molecule has 1 aliphatic heterocycles. The Morgan fingerprint density at radius 2 is 2.33 bits per heavy atom. The average molecular weight is 226 g/mol. The molecule has 0 saturated carbocycles. The van der Waals surface area contributed by atoms with E-state index in [4.69, 9.17) is 22.1 Å². The second-order valence-corrected chi connectivity index (χ2v) is 4.36. The van der Waals surface area contributed by atoms with Gasteiger partial charge in [0.15, 0.2) is 0 Å². The quantitative estimate of drug-likeness (QED) is 0.858. The van der Waals surface area contributed by atoms with Gasteiger partial charge < -0.3 is 10.5 Å². The highest BCUT2D eigenvalue weighted by Crippen LogP contribution is 2.34. The molecular weight excluding hydrogens is 210 g/mol. The Hall–Kier alpha value is -0.730. The van der Waals surface area contributed by atoms with E-state index in [1.165, 1.54) is 0 Å². The first-order chi connectivity index (χ1) is 7.22. The van der Waals surface area contributed by atoms with E-state index < -0.39 is 0 Å². The van der Waals surface area contributed by atoms with Gasteiger partial charge in [0.1, 0.15) is 5.75 Å². The van der Waals surface area contributed by atoms with Crippen molar-refractivity contribution < 1.29 is 4.74 Å². The fraction of sp³-hybridized carbons (Fsp3) is 0.500. The SMILES string of the molecule is CCC(N)Cc1ccc2c(c1Cl)CCO2. The third-order valence-electron chi connectivity index (χ3n) is 2.90. The van der Waals surface area contributed by atoms with Crippen molar-refractivity contribution in [3.05, 3.63) is 28.3 Å². The zero-order valence-electron chi connectivity index (χ0n) is 8.92. The molecule has 0 spiro atoms. The highest BCUT2D eigenvalue weighted by atomic mass is 35.5. The summed E-state index contributed by atoms with van der Waals surface area (Å²) in [5, 5.41) is 0.855. The van der Waals surface area contributed by atoms with Gasteiger partial charge >= 0.3 is 0 Å². The summed E-state index contributed by atoms with van der Waals surface area (Å²) < 4.78 is 5.45. The van der Waals surface area contributed by atoms with Crippen LogP contribution in [0.25, 0.3) is 0 Å². The molecule has 0 radical (unpaired) electrons. The molecule has 3 heteroatoms. The summed E-state index contributed by atoms with van der Waals surface area (Å²) in [6.45, 7) is 2.84. The molecule has 0 fully saturated rings.